The summed E-state index contributed by atoms with van der Waals surface area (Å²) in [6.07, 6.45) is 10.5. The number of nitrogens with zero attached hydrogens (tertiary/aromatic N) is 5. The second kappa shape index (κ2) is 9.59. The van der Waals surface area contributed by atoms with E-state index in [-0.39, 0.29) is 5.69 Å². The molecule has 0 bridgehead atoms. The van der Waals surface area contributed by atoms with Crippen LogP contribution in [0.4, 0.5) is 4.39 Å². The molecule has 5 aromatic heterocycles. The van der Waals surface area contributed by atoms with Gasteiger partial charge in [0.1, 0.15) is 16.9 Å². The van der Waals surface area contributed by atoms with Gasteiger partial charge in [0.15, 0.2) is 11.6 Å². The van der Waals surface area contributed by atoms with Gasteiger partial charge < -0.3 is 9.88 Å². The van der Waals surface area contributed by atoms with Crippen LogP contribution in [-0.4, -0.2) is 49.1 Å². The molecule has 0 aromatic carbocycles. The standard InChI is InChI=1S/C28H26FN7S/c1-7-16(11-17(8-2)36(5)6)25-24(29)23-19(14-31-25)34-35-27(23)28-32-20-13-30-12-18(26(20)33-28)22-10-9-21(37-22)15(3)4/h7-14H,2-3H2,1,4-6H3,(H,32,33)(H,34,35)/b16-7+,17-11+. The number of pyridine rings is 2. The van der Waals surface area contributed by atoms with Crippen LogP contribution in [0.15, 0.2) is 67.8 Å². The molecule has 2 N–H and O–H groups in total. The van der Waals surface area contributed by atoms with Crippen LogP contribution < -0.4 is 0 Å². The number of nitrogens with one attached hydrogen (secondary N) is 2. The van der Waals surface area contributed by atoms with Crippen molar-refractivity contribution in [2.75, 3.05) is 14.1 Å². The Morgan fingerprint density at radius 1 is 1.16 bits per heavy atom. The zero-order valence-electron chi connectivity index (χ0n) is 21.1. The second-order valence-corrected chi connectivity index (χ2v) is 9.89. The molecule has 0 aliphatic rings. The Bertz CT molecular complexity index is 1730. The first kappa shape index (κ1) is 24.3. The quantitative estimate of drug-likeness (QED) is 0.234. The molecular weight excluding hydrogens is 485 g/mol. The number of thiophene rings is 1. The zero-order valence-corrected chi connectivity index (χ0v) is 21.9. The van der Waals surface area contributed by atoms with Gasteiger partial charge >= 0.3 is 0 Å². The van der Waals surface area contributed by atoms with E-state index in [1.165, 1.54) is 0 Å². The van der Waals surface area contributed by atoms with Gasteiger partial charge in [-0.2, -0.15) is 5.10 Å². The average Bonchev–Trinajstić information content (AvgIpc) is 3.62. The lowest BCUT2D eigenvalue weighted by molar-refractivity contribution is 0.530. The van der Waals surface area contributed by atoms with Gasteiger partial charge in [-0.1, -0.05) is 19.2 Å². The fourth-order valence-electron chi connectivity index (χ4n) is 4.10. The van der Waals surface area contributed by atoms with Gasteiger partial charge in [-0.15, -0.1) is 11.3 Å². The van der Waals surface area contributed by atoms with E-state index in [1.54, 1.807) is 36.0 Å². The molecule has 37 heavy (non-hydrogen) atoms. The number of halogens is 1. The molecule has 0 saturated heterocycles. The highest BCUT2D eigenvalue weighted by molar-refractivity contribution is 7.16. The van der Waals surface area contributed by atoms with Gasteiger partial charge in [-0.05, 0) is 43.7 Å². The molecule has 0 spiro atoms. The van der Waals surface area contributed by atoms with Gasteiger partial charge in [-0.3, -0.25) is 15.1 Å². The highest BCUT2D eigenvalue weighted by atomic mass is 32.1. The number of aromatic amines is 2. The Morgan fingerprint density at radius 2 is 1.97 bits per heavy atom. The van der Waals surface area contributed by atoms with Crippen molar-refractivity contribution in [3.05, 3.63) is 84.2 Å². The minimum atomic E-state index is -0.476. The Kier molecular flexibility index (Phi) is 6.31. The third kappa shape index (κ3) is 4.27. The number of fused-ring (bicyclic) bond motifs is 2. The molecule has 0 aliphatic heterocycles. The van der Waals surface area contributed by atoms with E-state index in [0.29, 0.717) is 28.0 Å². The topological polar surface area (TPSA) is 86.4 Å². The van der Waals surface area contributed by atoms with E-state index in [9.17, 15) is 0 Å². The lowest BCUT2D eigenvalue weighted by Crippen LogP contribution is -2.09. The predicted molar refractivity (Wildman–Crippen MR) is 150 cm³/mol. The highest BCUT2D eigenvalue weighted by Crippen LogP contribution is 2.36. The second-order valence-electron chi connectivity index (χ2n) is 8.81. The number of likely N-dealkylation sites (N-methyl/N-ethyl adjacent to an activating group) is 1. The number of allylic oxidation sites excluding steroid dienone is 5. The van der Waals surface area contributed by atoms with Gasteiger partial charge in [0, 0.05) is 46.9 Å². The highest BCUT2D eigenvalue weighted by Gasteiger charge is 2.22. The lowest BCUT2D eigenvalue weighted by Gasteiger charge is -2.14. The van der Waals surface area contributed by atoms with E-state index in [4.69, 9.17) is 4.98 Å². The average molecular weight is 512 g/mol. The largest absolute Gasteiger partial charge is 0.378 e. The molecule has 5 rings (SSSR count). The molecule has 186 valence electrons. The maximum atomic E-state index is 16.0. The summed E-state index contributed by atoms with van der Waals surface area (Å²) in [5, 5.41) is 7.61. The summed E-state index contributed by atoms with van der Waals surface area (Å²) in [5.74, 6) is -0.0307. The first-order valence-electron chi connectivity index (χ1n) is 11.6. The van der Waals surface area contributed by atoms with E-state index in [1.807, 2.05) is 57.1 Å². The van der Waals surface area contributed by atoms with E-state index < -0.39 is 5.82 Å². The molecule has 0 fully saturated rings. The van der Waals surface area contributed by atoms with Gasteiger partial charge in [0.2, 0.25) is 0 Å². The minimum absolute atomic E-state index is 0.225. The SMILES string of the molecule is C=C/C(=C\C(=C/C)c1ncc2[nH]nc(-c3nc4c(-c5ccc(C(=C)C)s5)cncc4[nH]3)c2c1F)N(C)C. The maximum Gasteiger partial charge on any atom is 0.161 e. The minimum Gasteiger partial charge on any atom is -0.378 e. The Morgan fingerprint density at radius 3 is 2.65 bits per heavy atom. The fraction of sp³-hybridized carbons (Fsp3) is 0.143. The first-order chi connectivity index (χ1) is 17.8. The molecule has 0 amide bonds. The molecule has 0 aliphatic carbocycles. The van der Waals surface area contributed by atoms with E-state index in [2.05, 4.69) is 38.3 Å². The molecule has 5 aromatic rings. The normalized spacial score (nSPS) is 12.5. The van der Waals surface area contributed by atoms with Crippen LogP contribution in [-0.2, 0) is 0 Å². The third-order valence-electron chi connectivity index (χ3n) is 6.07. The number of hydrogen-bond acceptors (Lipinski definition) is 6. The predicted octanol–water partition coefficient (Wildman–Crippen LogP) is 6.83. The van der Waals surface area contributed by atoms with Crippen molar-refractivity contribution < 1.29 is 4.39 Å². The Labute approximate surface area is 217 Å². The Balaban J connectivity index is 1.65. The van der Waals surface area contributed by atoms with Gasteiger partial charge in [0.05, 0.1) is 28.8 Å². The maximum absolute atomic E-state index is 16.0. The van der Waals surface area contributed by atoms with Crippen molar-refractivity contribution in [2.24, 2.45) is 0 Å². The van der Waals surface area contributed by atoms with E-state index in [0.717, 1.165) is 37.6 Å². The van der Waals surface area contributed by atoms with Crippen LogP contribution in [0.3, 0.4) is 0 Å². The summed E-state index contributed by atoms with van der Waals surface area (Å²) in [7, 11) is 3.81. The molecule has 0 unspecified atom stereocenters. The third-order valence-corrected chi connectivity index (χ3v) is 7.35. The number of imidazole rings is 1. The lowest BCUT2D eigenvalue weighted by atomic mass is 10.1. The molecular formula is C28H26FN7S. The molecule has 7 nitrogen and oxygen atoms in total. The first-order valence-corrected chi connectivity index (χ1v) is 12.4. The summed E-state index contributed by atoms with van der Waals surface area (Å²) in [6.45, 7) is 11.7. The fourth-order valence-corrected chi connectivity index (χ4v) is 5.05. The number of H-pyrrole nitrogens is 2. The van der Waals surface area contributed by atoms with Crippen LogP contribution in [0.2, 0.25) is 0 Å². The van der Waals surface area contributed by atoms with Crippen molar-refractivity contribution in [3.8, 4) is 22.0 Å². The van der Waals surface area contributed by atoms with Crippen molar-refractivity contribution in [1.82, 2.24) is 35.0 Å². The smallest absolute Gasteiger partial charge is 0.161 e. The molecule has 0 radical (unpaired) electrons. The van der Waals surface area contributed by atoms with Gasteiger partial charge in [0.25, 0.3) is 0 Å². The monoisotopic (exact) mass is 511 g/mol. The van der Waals surface area contributed by atoms with Crippen LogP contribution in [0, 0.1) is 5.82 Å². The number of rotatable bonds is 7. The zero-order chi connectivity index (χ0) is 26.3. The van der Waals surface area contributed by atoms with Crippen LogP contribution in [0.5, 0.6) is 0 Å². The molecule has 0 atom stereocenters. The Hall–Kier alpha value is -4.37. The summed E-state index contributed by atoms with van der Waals surface area (Å²) in [4.78, 5) is 20.9. The van der Waals surface area contributed by atoms with Crippen molar-refractivity contribution in [3.63, 3.8) is 0 Å². The summed E-state index contributed by atoms with van der Waals surface area (Å²) in [6, 6.07) is 4.08. The summed E-state index contributed by atoms with van der Waals surface area (Å²) < 4.78 is 16.0. The van der Waals surface area contributed by atoms with E-state index >= 15 is 4.39 Å². The summed E-state index contributed by atoms with van der Waals surface area (Å²) >= 11 is 1.63. The van der Waals surface area contributed by atoms with Crippen molar-refractivity contribution >= 4 is 44.4 Å². The van der Waals surface area contributed by atoms with Crippen molar-refractivity contribution in [2.45, 2.75) is 13.8 Å². The number of aromatic nitrogens is 6. The van der Waals surface area contributed by atoms with Gasteiger partial charge in [-0.25, -0.2) is 9.37 Å². The van der Waals surface area contributed by atoms with Crippen LogP contribution >= 0.6 is 11.3 Å². The molecule has 9 heteroatoms. The van der Waals surface area contributed by atoms with Crippen LogP contribution in [0.25, 0.3) is 55.0 Å². The summed E-state index contributed by atoms with van der Waals surface area (Å²) in [5.41, 5.74) is 5.93. The molecule has 0 saturated carbocycles. The van der Waals surface area contributed by atoms with Crippen molar-refractivity contribution in [1.29, 1.82) is 0 Å². The number of hydrogen-bond donors (Lipinski definition) is 2. The van der Waals surface area contributed by atoms with Crippen LogP contribution in [0.1, 0.15) is 24.4 Å². The molecule has 5 heterocycles.